The Morgan fingerprint density at radius 2 is 1.71 bits per heavy atom. The zero-order valence-electron chi connectivity index (χ0n) is 8.81. The molecular formula is C12H10N2O3. The maximum atomic E-state index is 11.5. The molecular weight excluding hydrogens is 220 g/mol. The average molecular weight is 230 g/mol. The number of nitrogens with two attached hydrogens (primary N) is 1. The van der Waals surface area contributed by atoms with Crippen molar-refractivity contribution in [1.29, 1.82) is 0 Å². The first kappa shape index (κ1) is 10.9. The SMILES string of the molecule is NC(=O)NC(=O)c1cc2ccccc2cc1O. The summed E-state index contributed by atoms with van der Waals surface area (Å²) >= 11 is 0. The first-order valence-corrected chi connectivity index (χ1v) is 4.90. The van der Waals surface area contributed by atoms with Crippen LogP contribution in [0.5, 0.6) is 5.75 Å². The molecule has 0 atom stereocenters. The van der Waals surface area contributed by atoms with E-state index in [1.165, 1.54) is 12.1 Å². The molecule has 0 radical (unpaired) electrons. The highest BCUT2D eigenvalue weighted by atomic mass is 16.3. The number of primary amides is 1. The summed E-state index contributed by atoms with van der Waals surface area (Å²) in [7, 11) is 0. The maximum absolute atomic E-state index is 11.5. The van der Waals surface area contributed by atoms with E-state index in [0.717, 1.165) is 10.8 Å². The molecule has 0 aliphatic rings. The van der Waals surface area contributed by atoms with Gasteiger partial charge < -0.3 is 10.8 Å². The zero-order chi connectivity index (χ0) is 12.4. The highest BCUT2D eigenvalue weighted by molar-refractivity contribution is 6.07. The normalized spacial score (nSPS) is 10.1. The molecule has 17 heavy (non-hydrogen) atoms. The fourth-order valence-electron chi connectivity index (χ4n) is 1.59. The van der Waals surface area contributed by atoms with E-state index in [1.807, 2.05) is 23.5 Å². The molecule has 4 N–H and O–H groups in total. The Bertz CT molecular complexity index is 608. The Balaban J connectivity index is 2.50. The number of phenolic OH excluding ortho intramolecular Hbond substituents is 1. The number of amides is 3. The standard InChI is InChI=1S/C12H10N2O3/c13-12(17)14-11(16)9-5-7-3-1-2-4-8(7)6-10(9)15/h1-6,15H,(H3,13,14,16,17). The predicted molar refractivity (Wildman–Crippen MR) is 62.7 cm³/mol. The second-order valence-electron chi connectivity index (χ2n) is 3.53. The maximum Gasteiger partial charge on any atom is 0.319 e. The predicted octanol–water partition coefficient (Wildman–Crippen LogP) is 1.35. The Kier molecular flexibility index (Phi) is 2.66. The van der Waals surface area contributed by atoms with Crippen LogP contribution in [-0.2, 0) is 0 Å². The molecule has 0 unspecified atom stereocenters. The van der Waals surface area contributed by atoms with Crippen LogP contribution < -0.4 is 11.1 Å². The van der Waals surface area contributed by atoms with Crippen molar-refractivity contribution in [3.05, 3.63) is 42.0 Å². The second-order valence-corrected chi connectivity index (χ2v) is 3.53. The number of imide groups is 1. The lowest BCUT2D eigenvalue weighted by atomic mass is 10.1. The van der Waals surface area contributed by atoms with Gasteiger partial charge in [0.05, 0.1) is 5.56 Å². The minimum Gasteiger partial charge on any atom is -0.507 e. The average Bonchev–Trinajstić information content (AvgIpc) is 2.27. The lowest BCUT2D eigenvalue weighted by Crippen LogP contribution is -2.34. The van der Waals surface area contributed by atoms with Crippen molar-refractivity contribution in [3.8, 4) is 5.75 Å². The summed E-state index contributed by atoms with van der Waals surface area (Å²) in [4.78, 5) is 22.1. The number of carbonyl (C=O) groups excluding carboxylic acids is 2. The van der Waals surface area contributed by atoms with Crippen LogP contribution in [0.4, 0.5) is 4.79 Å². The lowest BCUT2D eigenvalue weighted by Gasteiger charge is -2.06. The van der Waals surface area contributed by atoms with Gasteiger partial charge in [-0.15, -0.1) is 0 Å². The van der Waals surface area contributed by atoms with E-state index in [-0.39, 0.29) is 11.3 Å². The van der Waals surface area contributed by atoms with Crippen LogP contribution in [0, 0.1) is 0 Å². The van der Waals surface area contributed by atoms with E-state index in [9.17, 15) is 14.7 Å². The number of benzene rings is 2. The van der Waals surface area contributed by atoms with Gasteiger partial charge in [0.15, 0.2) is 0 Å². The summed E-state index contributed by atoms with van der Waals surface area (Å²) in [6.45, 7) is 0. The summed E-state index contributed by atoms with van der Waals surface area (Å²) in [5, 5.41) is 13.2. The highest BCUT2D eigenvalue weighted by Gasteiger charge is 2.13. The van der Waals surface area contributed by atoms with E-state index in [1.54, 1.807) is 6.07 Å². The lowest BCUT2D eigenvalue weighted by molar-refractivity contribution is 0.0964. The fraction of sp³-hybridized carbons (Fsp3) is 0. The molecule has 2 rings (SSSR count). The van der Waals surface area contributed by atoms with E-state index < -0.39 is 11.9 Å². The third-order valence-corrected chi connectivity index (χ3v) is 2.35. The van der Waals surface area contributed by atoms with Gasteiger partial charge in [-0.05, 0) is 22.9 Å². The number of urea groups is 1. The van der Waals surface area contributed by atoms with Crippen LogP contribution >= 0.6 is 0 Å². The van der Waals surface area contributed by atoms with Crippen LogP contribution in [0.3, 0.4) is 0 Å². The van der Waals surface area contributed by atoms with E-state index in [2.05, 4.69) is 0 Å². The summed E-state index contributed by atoms with van der Waals surface area (Å²) in [5.41, 5.74) is 4.86. The number of hydrogen-bond acceptors (Lipinski definition) is 3. The van der Waals surface area contributed by atoms with Crippen LogP contribution in [-0.4, -0.2) is 17.0 Å². The molecule has 2 aromatic rings. The first-order valence-electron chi connectivity index (χ1n) is 4.90. The number of rotatable bonds is 1. The van der Waals surface area contributed by atoms with E-state index in [4.69, 9.17) is 5.73 Å². The van der Waals surface area contributed by atoms with Crippen LogP contribution in [0.2, 0.25) is 0 Å². The first-order chi connectivity index (χ1) is 8.08. The van der Waals surface area contributed by atoms with Crippen molar-refractivity contribution < 1.29 is 14.7 Å². The summed E-state index contributed by atoms with van der Waals surface area (Å²) in [5.74, 6) is -0.914. The Hall–Kier alpha value is -2.56. The molecule has 3 amide bonds. The minimum atomic E-state index is -0.956. The van der Waals surface area contributed by atoms with Gasteiger partial charge in [-0.1, -0.05) is 24.3 Å². The van der Waals surface area contributed by atoms with Gasteiger partial charge in [0, 0.05) is 0 Å². The van der Waals surface area contributed by atoms with Gasteiger partial charge in [-0.2, -0.15) is 0 Å². The largest absolute Gasteiger partial charge is 0.507 e. The van der Waals surface area contributed by atoms with Crippen LogP contribution in [0.15, 0.2) is 36.4 Å². The molecule has 0 fully saturated rings. The quantitative estimate of drug-likeness (QED) is 0.690. The second kappa shape index (κ2) is 4.13. The zero-order valence-corrected chi connectivity index (χ0v) is 8.81. The topological polar surface area (TPSA) is 92.4 Å². The molecule has 86 valence electrons. The van der Waals surface area contributed by atoms with E-state index >= 15 is 0 Å². The molecule has 0 aromatic heterocycles. The van der Waals surface area contributed by atoms with Crippen molar-refractivity contribution in [2.24, 2.45) is 5.73 Å². The van der Waals surface area contributed by atoms with Crippen LogP contribution in [0.25, 0.3) is 10.8 Å². The van der Waals surface area contributed by atoms with Gasteiger partial charge in [0.2, 0.25) is 0 Å². The monoisotopic (exact) mass is 230 g/mol. The van der Waals surface area contributed by atoms with Gasteiger partial charge in [-0.25, -0.2) is 4.79 Å². The van der Waals surface area contributed by atoms with Crippen LogP contribution in [0.1, 0.15) is 10.4 Å². The van der Waals surface area contributed by atoms with Crippen molar-refractivity contribution in [3.63, 3.8) is 0 Å². The highest BCUT2D eigenvalue weighted by Crippen LogP contribution is 2.24. The Morgan fingerprint density at radius 3 is 2.29 bits per heavy atom. The summed E-state index contributed by atoms with van der Waals surface area (Å²) in [6.07, 6.45) is 0. The molecule has 2 aromatic carbocycles. The number of carbonyl (C=O) groups is 2. The third-order valence-electron chi connectivity index (χ3n) is 2.35. The number of fused-ring (bicyclic) bond motifs is 1. The third kappa shape index (κ3) is 2.17. The number of hydrogen-bond donors (Lipinski definition) is 3. The smallest absolute Gasteiger partial charge is 0.319 e. The molecule has 5 heteroatoms. The van der Waals surface area contributed by atoms with E-state index in [0.29, 0.717) is 0 Å². The van der Waals surface area contributed by atoms with Gasteiger partial charge in [0.1, 0.15) is 5.75 Å². The van der Waals surface area contributed by atoms with Crippen molar-refractivity contribution >= 4 is 22.7 Å². The summed E-state index contributed by atoms with van der Waals surface area (Å²) in [6, 6.07) is 9.26. The fourth-order valence-corrected chi connectivity index (χ4v) is 1.59. The Morgan fingerprint density at radius 1 is 1.12 bits per heavy atom. The van der Waals surface area contributed by atoms with Crippen molar-refractivity contribution in [2.75, 3.05) is 0 Å². The molecule has 0 saturated carbocycles. The van der Waals surface area contributed by atoms with Crippen molar-refractivity contribution in [1.82, 2.24) is 5.32 Å². The van der Waals surface area contributed by atoms with Crippen molar-refractivity contribution in [2.45, 2.75) is 0 Å². The number of aromatic hydroxyl groups is 1. The molecule has 0 aliphatic heterocycles. The molecule has 5 nitrogen and oxygen atoms in total. The Labute approximate surface area is 96.8 Å². The molecule has 0 spiro atoms. The van der Waals surface area contributed by atoms with Gasteiger partial charge >= 0.3 is 6.03 Å². The van der Waals surface area contributed by atoms with Gasteiger partial charge in [-0.3, -0.25) is 10.1 Å². The molecule has 0 bridgehead atoms. The minimum absolute atomic E-state index is 0.0162. The number of nitrogens with one attached hydrogen (secondary N) is 1. The number of phenols is 1. The molecule has 0 saturated heterocycles. The van der Waals surface area contributed by atoms with Gasteiger partial charge in [0.25, 0.3) is 5.91 Å². The molecule has 0 heterocycles. The summed E-state index contributed by atoms with van der Waals surface area (Å²) < 4.78 is 0. The molecule has 0 aliphatic carbocycles.